The summed E-state index contributed by atoms with van der Waals surface area (Å²) < 4.78 is 4.41. The predicted octanol–water partition coefficient (Wildman–Crippen LogP) is -0.175. The van der Waals surface area contributed by atoms with Crippen LogP contribution in [0.2, 0.25) is 0 Å². The van der Waals surface area contributed by atoms with Gasteiger partial charge in [-0.15, -0.1) is 12.4 Å². The molecule has 0 spiro atoms. The molecule has 1 fully saturated rings. The van der Waals surface area contributed by atoms with Gasteiger partial charge >= 0.3 is 5.97 Å². The number of amides is 1. The average molecular weight is 237 g/mol. The zero-order valence-electron chi connectivity index (χ0n) is 8.69. The number of hydrogen-bond donors (Lipinski definition) is 2. The molecule has 0 aromatic heterocycles. The summed E-state index contributed by atoms with van der Waals surface area (Å²) >= 11 is 0. The Labute approximate surface area is 95.1 Å². The SMILES string of the molecule is COC(=O)CNC(=O)C1CCC(N)C1.Cl. The monoisotopic (exact) mass is 236 g/mol. The summed E-state index contributed by atoms with van der Waals surface area (Å²) in [4.78, 5) is 22.2. The lowest BCUT2D eigenvalue weighted by Gasteiger charge is -2.09. The van der Waals surface area contributed by atoms with Crippen LogP contribution in [-0.4, -0.2) is 31.6 Å². The van der Waals surface area contributed by atoms with Crippen molar-refractivity contribution in [2.45, 2.75) is 25.3 Å². The number of rotatable bonds is 3. The molecule has 0 aromatic rings. The number of esters is 1. The summed E-state index contributed by atoms with van der Waals surface area (Å²) in [5.41, 5.74) is 5.67. The molecule has 0 aliphatic heterocycles. The first-order valence-electron chi connectivity index (χ1n) is 4.73. The number of carbonyl (C=O) groups is 2. The third kappa shape index (κ3) is 4.48. The second-order valence-corrected chi connectivity index (χ2v) is 3.56. The Bertz CT molecular complexity index is 235. The van der Waals surface area contributed by atoms with E-state index < -0.39 is 5.97 Å². The third-order valence-electron chi connectivity index (χ3n) is 2.48. The van der Waals surface area contributed by atoms with Crippen LogP contribution in [0.4, 0.5) is 0 Å². The second kappa shape index (κ2) is 6.63. The Kier molecular flexibility index (Phi) is 6.27. The summed E-state index contributed by atoms with van der Waals surface area (Å²) in [7, 11) is 1.29. The Morgan fingerprint density at radius 3 is 2.60 bits per heavy atom. The van der Waals surface area contributed by atoms with Crippen molar-refractivity contribution >= 4 is 24.3 Å². The Balaban J connectivity index is 0.00000196. The molecular formula is C9H17ClN2O3. The van der Waals surface area contributed by atoms with Crippen LogP contribution in [-0.2, 0) is 14.3 Å². The van der Waals surface area contributed by atoms with Gasteiger partial charge in [0.25, 0.3) is 0 Å². The molecule has 2 atom stereocenters. The number of nitrogens with two attached hydrogens (primary N) is 1. The first-order valence-corrected chi connectivity index (χ1v) is 4.73. The Hall–Kier alpha value is -0.810. The van der Waals surface area contributed by atoms with E-state index in [0.717, 1.165) is 12.8 Å². The van der Waals surface area contributed by atoms with Gasteiger partial charge in [-0.1, -0.05) is 0 Å². The lowest BCUT2D eigenvalue weighted by Crippen LogP contribution is -2.34. The number of halogens is 1. The Morgan fingerprint density at radius 1 is 1.47 bits per heavy atom. The van der Waals surface area contributed by atoms with Crippen LogP contribution in [0.15, 0.2) is 0 Å². The molecule has 1 aliphatic rings. The van der Waals surface area contributed by atoms with Crippen LogP contribution in [0.5, 0.6) is 0 Å². The maximum atomic E-state index is 11.4. The molecule has 1 aliphatic carbocycles. The first-order chi connectivity index (χ1) is 6.63. The summed E-state index contributed by atoms with van der Waals surface area (Å²) in [6.07, 6.45) is 2.41. The van der Waals surface area contributed by atoms with Gasteiger partial charge in [0.05, 0.1) is 7.11 Å². The van der Waals surface area contributed by atoms with E-state index in [1.165, 1.54) is 7.11 Å². The summed E-state index contributed by atoms with van der Waals surface area (Å²) in [6, 6.07) is 0.129. The molecule has 0 bridgehead atoms. The number of carbonyl (C=O) groups excluding carboxylic acids is 2. The van der Waals surface area contributed by atoms with Crippen LogP contribution >= 0.6 is 12.4 Å². The molecular weight excluding hydrogens is 220 g/mol. The minimum atomic E-state index is -0.430. The fourth-order valence-electron chi connectivity index (χ4n) is 1.63. The van der Waals surface area contributed by atoms with Crippen LogP contribution in [0.25, 0.3) is 0 Å². The number of nitrogens with one attached hydrogen (secondary N) is 1. The Morgan fingerprint density at radius 2 is 2.13 bits per heavy atom. The standard InChI is InChI=1S/C9H16N2O3.ClH/c1-14-8(12)5-11-9(13)6-2-3-7(10)4-6;/h6-7H,2-5,10H2,1H3,(H,11,13);1H. The number of ether oxygens (including phenoxy) is 1. The van der Waals surface area contributed by atoms with Gasteiger partial charge in [0.1, 0.15) is 6.54 Å². The van der Waals surface area contributed by atoms with Crippen molar-refractivity contribution in [1.29, 1.82) is 0 Å². The molecule has 3 N–H and O–H groups in total. The molecule has 15 heavy (non-hydrogen) atoms. The molecule has 1 amide bonds. The van der Waals surface area contributed by atoms with Crippen molar-refractivity contribution in [3.8, 4) is 0 Å². The van der Waals surface area contributed by atoms with Gasteiger partial charge in [-0.25, -0.2) is 0 Å². The smallest absolute Gasteiger partial charge is 0.325 e. The molecule has 0 radical (unpaired) electrons. The van der Waals surface area contributed by atoms with Crippen molar-refractivity contribution in [1.82, 2.24) is 5.32 Å². The van der Waals surface area contributed by atoms with Gasteiger partial charge in [-0.3, -0.25) is 9.59 Å². The average Bonchev–Trinajstić information content (AvgIpc) is 2.60. The molecule has 5 nitrogen and oxygen atoms in total. The van der Waals surface area contributed by atoms with E-state index in [2.05, 4.69) is 10.1 Å². The number of hydrogen-bond acceptors (Lipinski definition) is 4. The molecule has 1 saturated carbocycles. The van der Waals surface area contributed by atoms with Crippen molar-refractivity contribution in [3.63, 3.8) is 0 Å². The minimum absolute atomic E-state index is 0. The summed E-state index contributed by atoms with van der Waals surface area (Å²) in [6.45, 7) is -0.0545. The van der Waals surface area contributed by atoms with Gasteiger partial charge in [0.15, 0.2) is 0 Å². The van der Waals surface area contributed by atoms with E-state index in [1.54, 1.807) is 0 Å². The van der Waals surface area contributed by atoms with Crippen LogP contribution < -0.4 is 11.1 Å². The quantitative estimate of drug-likeness (QED) is 0.667. The van der Waals surface area contributed by atoms with E-state index in [4.69, 9.17) is 5.73 Å². The molecule has 0 saturated heterocycles. The predicted molar refractivity (Wildman–Crippen MR) is 57.6 cm³/mol. The highest BCUT2D eigenvalue weighted by molar-refractivity contribution is 5.85. The van der Waals surface area contributed by atoms with E-state index in [1.807, 2.05) is 0 Å². The van der Waals surface area contributed by atoms with E-state index in [9.17, 15) is 9.59 Å². The van der Waals surface area contributed by atoms with Crippen LogP contribution in [0, 0.1) is 5.92 Å². The first kappa shape index (κ1) is 14.2. The highest BCUT2D eigenvalue weighted by Gasteiger charge is 2.27. The summed E-state index contributed by atoms with van der Waals surface area (Å²) in [5.74, 6) is -0.557. The molecule has 2 unspecified atom stereocenters. The van der Waals surface area contributed by atoms with E-state index >= 15 is 0 Å². The normalized spacial score (nSPS) is 24.1. The molecule has 0 heterocycles. The van der Waals surface area contributed by atoms with Crippen LogP contribution in [0.3, 0.4) is 0 Å². The van der Waals surface area contributed by atoms with Crippen molar-refractivity contribution < 1.29 is 14.3 Å². The fourth-order valence-corrected chi connectivity index (χ4v) is 1.63. The summed E-state index contributed by atoms with van der Waals surface area (Å²) in [5, 5.41) is 2.53. The van der Waals surface area contributed by atoms with Gasteiger partial charge in [0, 0.05) is 12.0 Å². The topological polar surface area (TPSA) is 81.4 Å². The van der Waals surface area contributed by atoms with Crippen molar-refractivity contribution in [3.05, 3.63) is 0 Å². The van der Waals surface area contributed by atoms with Gasteiger partial charge in [-0.05, 0) is 19.3 Å². The van der Waals surface area contributed by atoms with Gasteiger partial charge in [0.2, 0.25) is 5.91 Å². The van der Waals surface area contributed by atoms with Gasteiger partial charge in [-0.2, -0.15) is 0 Å². The zero-order chi connectivity index (χ0) is 10.6. The minimum Gasteiger partial charge on any atom is -0.468 e. The van der Waals surface area contributed by atoms with Crippen molar-refractivity contribution in [2.24, 2.45) is 11.7 Å². The van der Waals surface area contributed by atoms with E-state index in [0.29, 0.717) is 6.42 Å². The lowest BCUT2D eigenvalue weighted by atomic mass is 10.1. The highest BCUT2D eigenvalue weighted by Crippen LogP contribution is 2.23. The highest BCUT2D eigenvalue weighted by atomic mass is 35.5. The number of methoxy groups -OCH3 is 1. The fraction of sp³-hybridized carbons (Fsp3) is 0.778. The molecule has 6 heteroatoms. The van der Waals surface area contributed by atoms with Crippen molar-refractivity contribution in [2.75, 3.05) is 13.7 Å². The second-order valence-electron chi connectivity index (χ2n) is 3.56. The maximum Gasteiger partial charge on any atom is 0.325 e. The third-order valence-corrected chi connectivity index (χ3v) is 2.48. The molecule has 0 aromatic carbocycles. The molecule has 1 rings (SSSR count). The van der Waals surface area contributed by atoms with Crippen LogP contribution in [0.1, 0.15) is 19.3 Å². The largest absolute Gasteiger partial charge is 0.468 e. The maximum absolute atomic E-state index is 11.4. The zero-order valence-corrected chi connectivity index (χ0v) is 9.51. The lowest BCUT2D eigenvalue weighted by molar-refractivity contribution is -0.141. The van der Waals surface area contributed by atoms with Gasteiger partial charge < -0.3 is 15.8 Å². The molecule has 88 valence electrons. The van der Waals surface area contributed by atoms with E-state index in [-0.39, 0.29) is 36.8 Å².